The number of aliphatic hydroxyl groups excluding tert-OH is 1. The van der Waals surface area contributed by atoms with E-state index in [2.05, 4.69) is 35.2 Å². The van der Waals surface area contributed by atoms with Crippen molar-refractivity contribution < 1.29 is 14.2 Å². The molecule has 134 valence electrons. The average Bonchev–Trinajstić information content (AvgIpc) is 2.64. The van der Waals surface area contributed by atoms with Gasteiger partial charge in [-0.05, 0) is 68.1 Å². The van der Waals surface area contributed by atoms with Crippen molar-refractivity contribution >= 4 is 0 Å². The molecule has 0 unspecified atom stereocenters. The molecule has 4 heteroatoms. The molecule has 1 fully saturated rings. The van der Waals surface area contributed by atoms with E-state index >= 15 is 0 Å². The third-order valence-electron chi connectivity index (χ3n) is 4.80. The fraction of sp³-hybridized carbons (Fsp3) is 0.429. The van der Waals surface area contributed by atoms with Crippen molar-refractivity contribution in [2.45, 2.75) is 25.4 Å². The van der Waals surface area contributed by atoms with Crippen LogP contribution in [0.15, 0.2) is 54.6 Å². The van der Waals surface area contributed by atoms with Crippen molar-refractivity contribution in [2.75, 3.05) is 26.2 Å². The van der Waals surface area contributed by atoms with E-state index in [0.717, 1.165) is 25.4 Å². The fourth-order valence-corrected chi connectivity index (χ4v) is 3.39. The third-order valence-corrected chi connectivity index (χ3v) is 4.80. The third kappa shape index (κ3) is 5.83. The second-order valence-corrected chi connectivity index (χ2v) is 6.85. The Morgan fingerprint density at radius 2 is 1.72 bits per heavy atom. The molecule has 0 spiro atoms. The molecule has 3 rings (SSSR count). The maximum Gasteiger partial charge on any atom is 0.123 e. The maximum absolute atomic E-state index is 12.9. The van der Waals surface area contributed by atoms with Gasteiger partial charge < -0.3 is 14.7 Å². The second kappa shape index (κ2) is 8.97. The minimum atomic E-state index is -0.532. The van der Waals surface area contributed by atoms with Crippen LogP contribution in [-0.2, 0) is 6.42 Å². The lowest BCUT2D eigenvalue weighted by Crippen LogP contribution is -2.41. The van der Waals surface area contributed by atoms with Crippen LogP contribution >= 0.6 is 0 Å². The summed E-state index contributed by atoms with van der Waals surface area (Å²) < 4.78 is 18.4. The van der Waals surface area contributed by atoms with Crippen LogP contribution < -0.4 is 4.74 Å². The SMILES string of the molecule is O[C@@H](COc1ccc(F)cc1)CN1CCC(Cc2ccccc2)CC1. The second-order valence-electron chi connectivity index (χ2n) is 6.85. The number of rotatable bonds is 7. The zero-order chi connectivity index (χ0) is 17.5. The summed E-state index contributed by atoms with van der Waals surface area (Å²) >= 11 is 0. The van der Waals surface area contributed by atoms with Gasteiger partial charge in [0.15, 0.2) is 0 Å². The van der Waals surface area contributed by atoms with Gasteiger partial charge in [0, 0.05) is 6.54 Å². The van der Waals surface area contributed by atoms with E-state index in [1.165, 1.54) is 30.5 Å². The molecule has 1 N–H and O–H groups in total. The number of aliphatic hydroxyl groups is 1. The van der Waals surface area contributed by atoms with Gasteiger partial charge in [-0.2, -0.15) is 0 Å². The first-order valence-electron chi connectivity index (χ1n) is 9.02. The van der Waals surface area contributed by atoms with Crippen LogP contribution in [0.3, 0.4) is 0 Å². The molecule has 1 aliphatic heterocycles. The Labute approximate surface area is 149 Å². The van der Waals surface area contributed by atoms with Crippen LogP contribution in [0.1, 0.15) is 18.4 Å². The van der Waals surface area contributed by atoms with Gasteiger partial charge in [0.2, 0.25) is 0 Å². The first kappa shape index (κ1) is 17.9. The Balaban J connectivity index is 1.36. The maximum atomic E-state index is 12.9. The number of halogens is 1. The average molecular weight is 343 g/mol. The Morgan fingerprint density at radius 3 is 2.40 bits per heavy atom. The molecule has 0 aliphatic carbocycles. The molecule has 0 radical (unpaired) electrons. The number of ether oxygens (including phenoxy) is 1. The molecule has 25 heavy (non-hydrogen) atoms. The summed E-state index contributed by atoms with van der Waals surface area (Å²) in [6.45, 7) is 2.89. The number of benzene rings is 2. The monoisotopic (exact) mass is 343 g/mol. The number of nitrogens with zero attached hydrogens (tertiary/aromatic N) is 1. The summed E-state index contributed by atoms with van der Waals surface area (Å²) in [6.07, 6.45) is 2.95. The first-order valence-corrected chi connectivity index (χ1v) is 9.02. The molecule has 1 aliphatic rings. The highest BCUT2D eigenvalue weighted by Gasteiger charge is 2.21. The minimum absolute atomic E-state index is 0.232. The Bertz CT molecular complexity index is 624. The lowest BCUT2D eigenvalue weighted by molar-refractivity contribution is 0.0550. The van der Waals surface area contributed by atoms with Gasteiger partial charge in [0.1, 0.15) is 24.3 Å². The molecule has 0 aromatic heterocycles. The molecule has 2 aromatic rings. The van der Waals surface area contributed by atoms with Crippen LogP contribution in [0, 0.1) is 11.7 Å². The molecule has 0 bridgehead atoms. The molecule has 1 atom stereocenters. The summed E-state index contributed by atoms with van der Waals surface area (Å²) in [7, 11) is 0. The highest BCUT2D eigenvalue weighted by atomic mass is 19.1. The van der Waals surface area contributed by atoms with E-state index in [1.807, 2.05) is 0 Å². The van der Waals surface area contributed by atoms with E-state index in [9.17, 15) is 9.50 Å². The Kier molecular flexibility index (Phi) is 6.42. The Morgan fingerprint density at radius 1 is 1.04 bits per heavy atom. The summed E-state index contributed by atoms with van der Waals surface area (Å²) in [5.74, 6) is 1.03. The number of likely N-dealkylation sites (tertiary alicyclic amines) is 1. The first-order chi connectivity index (χ1) is 12.2. The largest absolute Gasteiger partial charge is 0.491 e. The molecule has 2 aromatic carbocycles. The zero-order valence-electron chi connectivity index (χ0n) is 14.5. The van der Waals surface area contributed by atoms with Crippen LogP contribution in [0.25, 0.3) is 0 Å². The predicted molar refractivity (Wildman–Crippen MR) is 97.2 cm³/mol. The van der Waals surface area contributed by atoms with Gasteiger partial charge in [-0.1, -0.05) is 30.3 Å². The summed E-state index contributed by atoms with van der Waals surface area (Å²) in [5.41, 5.74) is 1.41. The summed E-state index contributed by atoms with van der Waals surface area (Å²) in [5, 5.41) is 10.2. The van der Waals surface area contributed by atoms with Gasteiger partial charge in [-0.15, -0.1) is 0 Å². The van der Waals surface area contributed by atoms with Crippen molar-refractivity contribution in [3.05, 3.63) is 66.0 Å². The van der Waals surface area contributed by atoms with E-state index in [-0.39, 0.29) is 12.4 Å². The highest BCUT2D eigenvalue weighted by molar-refractivity contribution is 5.22. The van der Waals surface area contributed by atoms with E-state index < -0.39 is 6.10 Å². The van der Waals surface area contributed by atoms with Gasteiger partial charge in [0.05, 0.1) is 0 Å². The van der Waals surface area contributed by atoms with Crippen molar-refractivity contribution in [1.29, 1.82) is 0 Å². The number of β-amino-alcohol motifs (C(OH)–C–C–N with tert-alkyl or cyclic N) is 1. The van der Waals surface area contributed by atoms with Crippen LogP contribution in [0.2, 0.25) is 0 Å². The number of piperidine rings is 1. The van der Waals surface area contributed by atoms with Crippen molar-refractivity contribution in [3.8, 4) is 5.75 Å². The van der Waals surface area contributed by atoms with Gasteiger partial charge >= 0.3 is 0 Å². The smallest absolute Gasteiger partial charge is 0.123 e. The lowest BCUT2D eigenvalue weighted by Gasteiger charge is -2.33. The van der Waals surface area contributed by atoms with Gasteiger partial charge in [-0.3, -0.25) is 0 Å². The fourth-order valence-electron chi connectivity index (χ4n) is 3.39. The van der Waals surface area contributed by atoms with Crippen LogP contribution in [0.4, 0.5) is 4.39 Å². The minimum Gasteiger partial charge on any atom is -0.491 e. The van der Waals surface area contributed by atoms with Crippen LogP contribution in [-0.4, -0.2) is 42.4 Å². The van der Waals surface area contributed by atoms with Gasteiger partial charge in [0.25, 0.3) is 0 Å². The predicted octanol–water partition coefficient (Wildman–Crippen LogP) is 3.52. The molecule has 0 saturated carbocycles. The molecule has 0 amide bonds. The van der Waals surface area contributed by atoms with Crippen molar-refractivity contribution in [1.82, 2.24) is 4.90 Å². The number of hydrogen-bond acceptors (Lipinski definition) is 3. The Hall–Kier alpha value is -1.91. The highest BCUT2D eigenvalue weighted by Crippen LogP contribution is 2.21. The zero-order valence-corrected chi connectivity index (χ0v) is 14.5. The lowest BCUT2D eigenvalue weighted by atomic mass is 9.90. The van der Waals surface area contributed by atoms with E-state index in [0.29, 0.717) is 12.3 Å². The van der Waals surface area contributed by atoms with Crippen LogP contribution in [0.5, 0.6) is 5.75 Å². The normalized spacial score (nSPS) is 17.4. The standard InChI is InChI=1S/C21H26FNO2/c22-19-6-8-21(9-7-19)25-16-20(24)15-23-12-10-18(11-13-23)14-17-4-2-1-3-5-17/h1-9,18,20,24H,10-16H2/t20-/m1/s1. The topological polar surface area (TPSA) is 32.7 Å². The van der Waals surface area contributed by atoms with Crippen molar-refractivity contribution in [2.24, 2.45) is 5.92 Å². The summed E-state index contributed by atoms with van der Waals surface area (Å²) in [4.78, 5) is 2.31. The molecular formula is C21H26FNO2. The molecule has 1 saturated heterocycles. The molecular weight excluding hydrogens is 317 g/mol. The van der Waals surface area contributed by atoms with E-state index in [4.69, 9.17) is 4.74 Å². The van der Waals surface area contributed by atoms with Crippen molar-refractivity contribution in [3.63, 3.8) is 0 Å². The molecule has 3 nitrogen and oxygen atoms in total. The number of hydrogen-bond donors (Lipinski definition) is 1. The summed E-state index contributed by atoms with van der Waals surface area (Å²) in [6, 6.07) is 16.5. The quantitative estimate of drug-likeness (QED) is 0.835. The van der Waals surface area contributed by atoms with Gasteiger partial charge in [-0.25, -0.2) is 4.39 Å². The van der Waals surface area contributed by atoms with E-state index in [1.54, 1.807) is 12.1 Å². The molecule has 1 heterocycles.